The number of aromatic carboxylic acids is 1. The van der Waals surface area contributed by atoms with Gasteiger partial charge in [-0.15, -0.1) is 0 Å². The first-order valence-corrected chi connectivity index (χ1v) is 6.87. The lowest BCUT2D eigenvalue weighted by molar-refractivity contribution is 0.0697. The Kier molecular flexibility index (Phi) is 3.66. The van der Waals surface area contributed by atoms with Crippen LogP contribution in [0.3, 0.4) is 0 Å². The minimum Gasteiger partial charge on any atom is -0.478 e. The minimum atomic E-state index is -0.980. The molecule has 4 nitrogen and oxygen atoms in total. The van der Waals surface area contributed by atoms with Crippen LogP contribution in [-0.4, -0.2) is 22.3 Å². The van der Waals surface area contributed by atoms with E-state index in [1.807, 2.05) is 43.3 Å². The van der Waals surface area contributed by atoms with E-state index in [9.17, 15) is 9.90 Å². The number of rotatable bonds is 3. The fourth-order valence-corrected chi connectivity index (χ4v) is 2.30. The van der Waals surface area contributed by atoms with Crippen molar-refractivity contribution in [1.29, 1.82) is 0 Å². The Morgan fingerprint density at radius 3 is 2.82 bits per heavy atom. The van der Waals surface area contributed by atoms with Crippen molar-refractivity contribution in [1.82, 2.24) is 4.98 Å². The first-order valence-electron chi connectivity index (χ1n) is 6.87. The van der Waals surface area contributed by atoms with E-state index in [0.717, 1.165) is 22.0 Å². The highest BCUT2D eigenvalue weighted by molar-refractivity contribution is 6.00. The summed E-state index contributed by atoms with van der Waals surface area (Å²) in [5, 5.41) is 10.3. The van der Waals surface area contributed by atoms with Crippen LogP contribution in [0.4, 0.5) is 5.69 Å². The van der Waals surface area contributed by atoms with Crippen molar-refractivity contribution in [3.8, 4) is 0 Å². The second kappa shape index (κ2) is 5.77. The van der Waals surface area contributed by atoms with Gasteiger partial charge in [-0.05, 0) is 25.1 Å². The highest BCUT2D eigenvalue weighted by Gasteiger charge is 2.09. The van der Waals surface area contributed by atoms with Gasteiger partial charge in [-0.1, -0.05) is 35.9 Å². The molecule has 0 amide bonds. The summed E-state index contributed by atoms with van der Waals surface area (Å²) in [5.41, 5.74) is 3.23. The molecule has 0 aliphatic carbocycles. The van der Waals surface area contributed by atoms with E-state index < -0.39 is 5.97 Å². The Morgan fingerprint density at radius 2 is 2.00 bits per heavy atom. The van der Waals surface area contributed by atoms with Crippen LogP contribution in [0.15, 0.2) is 59.7 Å². The van der Waals surface area contributed by atoms with Crippen molar-refractivity contribution in [2.45, 2.75) is 6.92 Å². The number of aliphatic imine (C=N–C) groups is 1. The number of carboxylic acids is 1. The number of fused-ring (bicyclic) bond motifs is 1. The number of para-hydroxylation sites is 1. The number of carboxylic acid groups (broad SMARTS) is 1. The predicted octanol–water partition coefficient (Wildman–Crippen LogP) is 3.99. The van der Waals surface area contributed by atoms with Crippen molar-refractivity contribution in [3.63, 3.8) is 0 Å². The van der Waals surface area contributed by atoms with Crippen LogP contribution < -0.4 is 0 Å². The van der Waals surface area contributed by atoms with Crippen molar-refractivity contribution in [3.05, 3.63) is 71.4 Å². The van der Waals surface area contributed by atoms with Gasteiger partial charge in [0.05, 0.1) is 16.8 Å². The first kappa shape index (κ1) is 13.9. The van der Waals surface area contributed by atoms with Crippen LogP contribution in [0.5, 0.6) is 0 Å². The lowest BCUT2D eigenvalue weighted by atomic mass is 10.1. The van der Waals surface area contributed by atoms with Crippen LogP contribution in [0, 0.1) is 6.92 Å². The molecule has 0 fully saturated rings. The molecule has 3 aromatic rings. The zero-order valence-electron chi connectivity index (χ0n) is 12.0. The lowest BCUT2D eigenvalue weighted by Gasteiger charge is -2.03. The van der Waals surface area contributed by atoms with Crippen molar-refractivity contribution >= 4 is 28.8 Å². The van der Waals surface area contributed by atoms with E-state index in [-0.39, 0.29) is 5.56 Å². The van der Waals surface area contributed by atoms with E-state index in [0.29, 0.717) is 5.69 Å². The highest BCUT2D eigenvalue weighted by Crippen LogP contribution is 2.21. The summed E-state index contributed by atoms with van der Waals surface area (Å²) in [7, 11) is 0. The second-order valence-corrected chi connectivity index (χ2v) is 5.01. The van der Waals surface area contributed by atoms with E-state index >= 15 is 0 Å². The third kappa shape index (κ3) is 2.72. The van der Waals surface area contributed by atoms with Crippen LogP contribution >= 0.6 is 0 Å². The molecule has 0 aliphatic heterocycles. The molecule has 0 saturated heterocycles. The van der Waals surface area contributed by atoms with Gasteiger partial charge in [-0.3, -0.25) is 9.98 Å². The smallest absolute Gasteiger partial charge is 0.337 e. The Labute approximate surface area is 127 Å². The van der Waals surface area contributed by atoms with Gasteiger partial charge < -0.3 is 5.11 Å². The van der Waals surface area contributed by atoms with Crippen LogP contribution in [0.2, 0.25) is 0 Å². The average Bonchev–Trinajstić information content (AvgIpc) is 2.53. The molecule has 0 spiro atoms. The molecule has 1 heterocycles. The Morgan fingerprint density at radius 1 is 1.18 bits per heavy atom. The molecule has 108 valence electrons. The maximum absolute atomic E-state index is 11.3. The molecule has 22 heavy (non-hydrogen) atoms. The summed E-state index contributed by atoms with van der Waals surface area (Å²) in [6.45, 7) is 1.86. The van der Waals surface area contributed by atoms with Crippen LogP contribution in [0.1, 0.15) is 21.5 Å². The topological polar surface area (TPSA) is 62.5 Å². The third-order valence-electron chi connectivity index (χ3n) is 3.39. The van der Waals surface area contributed by atoms with Gasteiger partial charge in [0.1, 0.15) is 0 Å². The summed E-state index contributed by atoms with van der Waals surface area (Å²) >= 11 is 0. The standard InChI is InChI=1S/C18H14N2O2/c1-12-7-8-16(15(10-12)18(21)22)20-11-14-5-2-4-13-6-3-9-19-17(13)14/h2-11H,1H3,(H,21,22). The Balaban J connectivity index is 2.06. The van der Waals surface area contributed by atoms with Crippen molar-refractivity contribution in [2.75, 3.05) is 0 Å². The molecule has 1 aromatic heterocycles. The minimum absolute atomic E-state index is 0.199. The van der Waals surface area contributed by atoms with E-state index in [1.165, 1.54) is 0 Å². The van der Waals surface area contributed by atoms with Gasteiger partial charge in [-0.2, -0.15) is 0 Å². The molecular formula is C18H14N2O2. The highest BCUT2D eigenvalue weighted by atomic mass is 16.4. The zero-order chi connectivity index (χ0) is 15.5. The van der Waals surface area contributed by atoms with Gasteiger partial charge in [0, 0.05) is 23.4 Å². The molecule has 0 radical (unpaired) electrons. The van der Waals surface area contributed by atoms with E-state index in [4.69, 9.17) is 0 Å². The summed E-state index contributed by atoms with van der Waals surface area (Å²) in [6.07, 6.45) is 3.39. The molecule has 1 N–H and O–H groups in total. The Bertz CT molecular complexity index is 880. The maximum Gasteiger partial charge on any atom is 0.337 e. The molecule has 3 rings (SSSR count). The monoisotopic (exact) mass is 290 g/mol. The number of hydrogen-bond acceptors (Lipinski definition) is 3. The largest absolute Gasteiger partial charge is 0.478 e. The molecule has 0 saturated carbocycles. The van der Waals surface area contributed by atoms with Gasteiger partial charge in [0.25, 0.3) is 0 Å². The number of benzene rings is 2. The van der Waals surface area contributed by atoms with Gasteiger partial charge in [0.15, 0.2) is 0 Å². The normalized spacial score (nSPS) is 11.1. The van der Waals surface area contributed by atoms with E-state index in [1.54, 1.807) is 24.5 Å². The second-order valence-electron chi connectivity index (χ2n) is 5.01. The maximum atomic E-state index is 11.3. The molecule has 4 heteroatoms. The van der Waals surface area contributed by atoms with Gasteiger partial charge in [-0.25, -0.2) is 4.79 Å². The average molecular weight is 290 g/mol. The van der Waals surface area contributed by atoms with Crippen molar-refractivity contribution in [2.24, 2.45) is 4.99 Å². The number of carbonyl (C=O) groups is 1. The fraction of sp³-hybridized carbons (Fsp3) is 0.0556. The third-order valence-corrected chi connectivity index (χ3v) is 3.39. The predicted molar refractivity (Wildman–Crippen MR) is 87.1 cm³/mol. The summed E-state index contributed by atoms with van der Waals surface area (Å²) in [4.78, 5) is 20.0. The number of aromatic nitrogens is 1. The summed E-state index contributed by atoms with van der Waals surface area (Å²) in [5.74, 6) is -0.980. The van der Waals surface area contributed by atoms with Crippen LogP contribution in [0.25, 0.3) is 10.9 Å². The van der Waals surface area contributed by atoms with Crippen molar-refractivity contribution < 1.29 is 9.90 Å². The number of hydrogen-bond donors (Lipinski definition) is 1. The summed E-state index contributed by atoms with van der Waals surface area (Å²) < 4.78 is 0. The molecule has 0 aliphatic rings. The molecule has 0 unspecified atom stereocenters. The fourth-order valence-electron chi connectivity index (χ4n) is 2.30. The molecular weight excluding hydrogens is 276 g/mol. The van der Waals surface area contributed by atoms with Gasteiger partial charge in [0.2, 0.25) is 0 Å². The number of nitrogens with zero attached hydrogens (tertiary/aromatic N) is 2. The number of aryl methyl sites for hydroxylation is 1. The number of pyridine rings is 1. The zero-order valence-corrected chi connectivity index (χ0v) is 12.0. The summed E-state index contributed by atoms with van der Waals surface area (Å²) in [6, 6.07) is 14.9. The lowest BCUT2D eigenvalue weighted by Crippen LogP contribution is -1.97. The SMILES string of the molecule is Cc1ccc(N=Cc2cccc3cccnc23)c(C(=O)O)c1. The molecule has 2 aromatic carbocycles. The molecule has 0 atom stereocenters. The quantitative estimate of drug-likeness (QED) is 0.742. The Hall–Kier alpha value is -3.01. The van der Waals surface area contributed by atoms with Gasteiger partial charge >= 0.3 is 5.97 Å². The van der Waals surface area contributed by atoms with Crippen LogP contribution in [-0.2, 0) is 0 Å². The first-order chi connectivity index (χ1) is 10.6. The molecule has 0 bridgehead atoms. The van der Waals surface area contributed by atoms with E-state index in [2.05, 4.69) is 9.98 Å².